The van der Waals surface area contributed by atoms with E-state index in [4.69, 9.17) is 15.0 Å². The largest absolute Gasteiger partial charge is 0.486 e. The number of nitrogens with one attached hydrogen (secondary N) is 1. The fourth-order valence-electron chi connectivity index (χ4n) is 1.42. The molecule has 1 heterocycles. The molecule has 7 nitrogen and oxygen atoms in total. The van der Waals surface area contributed by atoms with E-state index in [0.29, 0.717) is 30.4 Å². The molecule has 0 atom stereocenters. The van der Waals surface area contributed by atoms with Crippen molar-refractivity contribution in [2.45, 2.75) is 0 Å². The Hall–Kier alpha value is -2.40. The summed E-state index contributed by atoms with van der Waals surface area (Å²) in [6, 6.07) is 5.08. The van der Waals surface area contributed by atoms with Gasteiger partial charge in [-0.15, -0.1) is 0 Å². The van der Waals surface area contributed by atoms with Crippen molar-refractivity contribution in [3.63, 3.8) is 0 Å². The van der Waals surface area contributed by atoms with Gasteiger partial charge in [0.15, 0.2) is 11.5 Å². The second kappa shape index (κ2) is 5.09. The first-order valence-corrected chi connectivity index (χ1v) is 5.00. The molecule has 0 bridgehead atoms. The maximum Gasteiger partial charge on any atom is 0.230 e. The second-order valence-electron chi connectivity index (χ2n) is 3.30. The molecule has 0 unspecified atom stereocenters. The van der Waals surface area contributed by atoms with Crippen LogP contribution in [0.15, 0.2) is 23.3 Å². The quantitative estimate of drug-likeness (QED) is 0.489. The van der Waals surface area contributed by atoms with Crippen molar-refractivity contribution in [1.82, 2.24) is 0 Å². The van der Waals surface area contributed by atoms with E-state index in [1.165, 1.54) is 0 Å². The van der Waals surface area contributed by atoms with Gasteiger partial charge in [-0.1, -0.05) is 5.11 Å². The highest BCUT2D eigenvalue weighted by molar-refractivity contribution is 5.92. The third kappa shape index (κ3) is 2.79. The van der Waals surface area contributed by atoms with Gasteiger partial charge in [-0.2, -0.15) is 0 Å². The summed E-state index contributed by atoms with van der Waals surface area (Å²) in [6.07, 6.45) is 0. The first-order valence-electron chi connectivity index (χ1n) is 5.00. The number of ether oxygens (including phenoxy) is 2. The van der Waals surface area contributed by atoms with E-state index in [1.807, 2.05) is 0 Å². The lowest BCUT2D eigenvalue weighted by atomic mass is 10.2. The summed E-state index contributed by atoms with van der Waals surface area (Å²) in [4.78, 5) is 13.8. The van der Waals surface area contributed by atoms with Crippen LogP contribution in [0.5, 0.6) is 11.5 Å². The smallest absolute Gasteiger partial charge is 0.230 e. The second-order valence-corrected chi connectivity index (χ2v) is 3.30. The molecule has 1 aliphatic rings. The number of azide groups is 1. The molecule has 0 aliphatic carbocycles. The third-order valence-electron chi connectivity index (χ3n) is 2.10. The van der Waals surface area contributed by atoms with Gasteiger partial charge < -0.3 is 14.8 Å². The van der Waals surface area contributed by atoms with Crippen LogP contribution in [0.3, 0.4) is 0 Å². The molecule has 0 saturated heterocycles. The summed E-state index contributed by atoms with van der Waals surface area (Å²) >= 11 is 0. The molecule has 1 N–H and O–H groups in total. The number of benzene rings is 1. The van der Waals surface area contributed by atoms with Crippen molar-refractivity contribution in [2.24, 2.45) is 5.11 Å². The Bertz CT molecular complexity index is 482. The Kier molecular flexibility index (Phi) is 3.32. The van der Waals surface area contributed by atoms with Crippen molar-refractivity contribution >= 4 is 11.6 Å². The van der Waals surface area contributed by atoms with Gasteiger partial charge in [0.25, 0.3) is 0 Å². The number of nitrogens with zero attached hydrogens (tertiary/aromatic N) is 3. The predicted molar refractivity (Wildman–Crippen MR) is 60.1 cm³/mol. The number of hydrogen-bond acceptors (Lipinski definition) is 4. The van der Waals surface area contributed by atoms with Crippen LogP contribution < -0.4 is 14.8 Å². The Morgan fingerprint density at radius 3 is 2.94 bits per heavy atom. The number of hydrogen-bond donors (Lipinski definition) is 1. The van der Waals surface area contributed by atoms with Crippen molar-refractivity contribution in [3.05, 3.63) is 28.6 Å². The first kappa shape index (κ1) is 11.1. The van der Waals surface area contributed by atoms with Gasteiger partial charge in [0, 0.05) is 16.7 Å². The maximum atomic E-state index is 11.3. The molecule has 0 saturated carbocycles. The highest BCUT2D eigenvalue weighted by Crippen LogP contribution is 2.32. The van der Waals surface area contributed by atoms with Crippen molar-refractivity contribution in [2.75, 3.05) is 25.1 Å². The Morgan fingerprint density at radius 1 is 1.41 bits per heavy atom. The van der Waals surface area contributed by atoms with Gasteiger partial charge in [-0.3, -0.25) is 4.79 Å². The average Bonchev–Trinajstić information content (AvgIpc) is 2.36. The third-order valence-corrected chi connectivity index (χ3v) is 2.10. The summed E-state index contributed by atoms with van der Waals surface area (Å²) in [5.41, 5.74) is 8.66. The molecule has 1 aliphatic heterocycles. The average molecular weight is 234 g/mol. The Morgan fingerprint density at radius 2 is 2.18 bits per heavy atom. The van der Waals surface area contributed by atoms with E-state index in [0.717, 1.165) is 0 Å². The summed E-state index contributed by atoms with van der Waals surface area (Å²) in [5, 5.41) is 5.76. The van der Waals surface area contributed by atoms with Gasteiger partial charge in [0.1, 0.15) is 19.8 Å². The Labute approximate surface area is 97.0 Å². The molecule has 1 aromatic rings. The van der Waals surface area contributed by atoms with Crippen LogP contribution in [-0.4, -0.2) is 25.7 Å². The fraction of sp³-hybridized carbons (Fsp3) is 0.300. The van der Waals surface area contributed by atoms with Crippen LogP contribution in [0.25, 0.3) is 10.4 Å². The highest BCUT2D eigenvalue weighted by Gasteiger charge is 2.12. The van der Waals surface area contributed by atoms with E-state index < -0.39 is 0 Å². The molecule has 7 heteroatoms. The number of carbonyl (C=O) groups is 1. The standard InChI is InChI=1S/C10H10N4O3/c11-14-12-6-10(15)13-7-1-2-8-9(5-7)17-4-3-16-8/h1-2,5H,3-4,6H2,(H,13,15). The molecule has 88 valence electrons. The summed E-state index contributed by atoms with van der Waals surface area (Å²) < 4.78 is 10.7. The van der Waals surface area contributed by atoms with Crippen LogP contribution in [0, 0.1) is 0 Å². The SMILES string of the molecule is [N-]=[N+]=NCC(=O)Nc1ccc2c(c1)OCCO2. The van der Waals surface area contributed by atoms with Gasteiger partial charge in [-0.25, -0.2) is 0 Å². The Balaban J connectivity index is 2.06. The molecule has 2 rings (SSSR count). The molecule has 17 heavy (non-hydrogen) atoms. The minimum absolute atomic E-state index is 0.231. The molecule has 0 spiro atoms. The minimum atomic E-state index is -0.375. The number of anilines is 1. The number of carbonyl (C=O) groups excluding carboxylic acids is 1. The molecule has 1 aromatic carbocycles. The lowest BCUT2D eigenvalue weighted by Crippen LogP contribution is -2.17. The normalized spacial score (nSPS) is 12.5. The number of fused-ring (bicyclic) bond motifs is 1. The van der Waals surface area contributed by atoms with Crippen LogP contribution >= 0.6 is 0 Å². The number of amides is 1. The van der Waals surface area contributed by atoms with Gasteiger partial charge >= 0.3 is 0 Å². The zero-order valence-corrected chi connectivity index (χ0v) is 8.92. The van der Waals surface area contributed by atoms with E-state index in [9.17, 15) is 4.79 Å². The van der Waals surface area contributed by atoms with E-state index in [1.54, 1.807) is 18.2 Å². The molecular formula is C10H10N4O3. The maximum absolute atomic E-state index is 11.3. The summed E-state index contributed by atoms with van der Waals surface area (Å²) in [6.45, 7) is 0.781. The summed E-state index contributed by atoms with van der Waals surface area (Å²) in [5.74, 6) is 0.876. The van der Waals surface area contributed by atoms with Crippen molar-refractivity contribution < 1.29 is 14.3 Å². The number of rotatable bonds is 3. The van der Waals surface area contributed by atoms with Crippen LogP contribution in [0.2, 0.25) is 0 Å². The van der Waals surface area contributed by atoms with Crippen molar-refractivity contribution in [3.8, 4) is 11.5 Å². The predicted octanol–water partition coefficient (Wildman–Crippen LogP) is 1.71. The fourth-order valence-corrected chi connectivity index (χ4v) is 1.42. The monoisotopic (exact) mass is 234 g/mol. The van der Waals surface area contributed by atoms with E-state index in [2.05, 4.69) is 15.3 Å². The highest BCUT2D eigenvalue weighted by atomic mass is 16.6. The molecule has 1 amide bonds. The summed E-state index contributed by atoms with van der Waals surface area (Å²) in [7, 11) is 0. The van der Waals surface area contributed by atoms with E-state index >= 15 is 0 Å². The molecule has 0 aromatic heterocycles. The van der Waals surface area contributed by atoms with Crippen LogP contribution in [-0.2, 0) is 4.79 Å². The molecule has 0 fully saturated rings. The molecule has 0 radical (unpaired) electrons. The lowest BCUT2D eigenvalue weighted by Gasteiger charge is -2.18. The van der Waals surface area contributed by atoms with Gasteiger partial charge in [0.05, 0.1) is 0 Å². The van der Waals surface area contributed by atoms with Gasteiger partial charge in [-0.05, 0) is 17.7 Å². The van der Waals surface area contributed by atoms with E-state index in [-0.39, 0.29) is 12.5 Å². The topological polar surface area (TPSA) is 96.3 Å². The first-order chi connectivity index (χ1) is 8.29. The van der Waals surface area contributed by atoms with Crippen LogP contribution in [0.1, 0.15) is 0 Å². The lowest BCUT2D eigenvalue weighted by molar-refractivity contribution is -0.114. The van der Waals surface area contributed by atoms with Gasteiger partial charge in [0.2, 0.25) is 5.91 Å². The minimum Gasteiger partial charge on any atom is -0.486 e. The zero-order chi connectivity index (χ0) is 12.1. The zero-order valence-electron chi connectivity index (χ0n) is 8.92. The van der Waals surface area contributed by atoms with Crippen molar-refractivity contribution in [1.29, 1.82) is 0 Å². The van der Waals surface area contributed by atoms with Crippen LogP contribution in [0.4, 0.5) is 5.69 Å². The molecular weight excluding hydrogens is 224 g/mol.